The van der Waals surface area contributed by atoms with Gasteiger partial charge in [0.1, 0.15) is 0 Å². The van der Waals surface area contributed by atoms with Crippen molar-refractivity contribution in [2.24, 2.45) is 11.8 Å². The maximum absolute atomic E-state index is 10.8. The van der Waals surface area contributed by atoms with Crippen molar-refractivity contribution < 1.29 is 9.90 Å². The Hall–Kier alpha value is -0.280. The van der Waals surface area contributed by atoms with Crippen LogP contribution in [0.5, 0.6) is 0 Å². The number of aliphatic carboxylic acids is 1. The molecular formula is C9H18ClNO2. The molecule has 0 aromatic rings. The number of rotatable bonds is 3. The molecule has 1 atom stereocenters. The van der Waals surface area contributed by atoms with Crippen molar-refractivity contribution in [2.75, 3.05) is 13.1 Å². The van der Waals surface area contributed by atoms with E-state index in [0.717, 1.165) is 32.4 Å². The van der Waals surface area contributed by atoms with Crippen molar-refractivity contribution in [2.45, 2.75) is 26.2 Å². The second-order valence-corrected chi connectivity index (χ2v) is 3.44. The fraction of sp³-hybridized carbons (Fsp3) is 0.889. The van der Waals surface area contributed by atoms with Crippen LogP contribution in [0.1, 0.15) is 26.2 Å². The molecule has 1 heterocycles. The monoisotopic (exact) mass is 207 g/mol. The average molecular weight is 208 g/mol. The Morgan fingerprint density at radius 2 is 2.08 bits per heavy atom. The third-order valence-electron chi connectivity index (χ3n) is 2.71. The van der Waals surface area contributed by atoms with Crippen molar-refractivity contribution in [1.82, 2.24) is 5.32 Å². The molecule has 1 fully saturated rings. The topological polar surface area (TPSA) is 49.3 Å². The fourth-order valence-electron chi connectivity index (χ4n) is 1.96. The minimum Gasteiger partial charge on any atom is -0.481 e. The second kappa shape index (κ2) is 6.22. The summed E-state index contributed by atoms with van der Waals surface area (Å²) >= 11 is 0. The molecule has 78 valence electrons. The van der Waals surface area contributed by atoms with E-state index in [1.54, 1.807) is 0 Å². The number of carboxylic acids is 1. The molecule has 0 aliphatic carbocycles. The summed E-state index contributed by atoms with van der Waals surface area (Å²) < 4.78 is 0. The van der Waals surface area contributed by atoms with Crippen LogP contribution in [0.3, 0.4) is 0 Å². The summed E-state index contributed by atoms with van der Waals surface area (Å²) in [5.41, 5.74) is 0. The summed E-state index contributed by atoms with van der Waals surface area (Å²) in [6, 6.07) is 0. The van der Waals surface area contributed by atoms with Crippen LogP contribution in [0.25, 0.3) is 0 Å². The van der Waals surface area contributed by atoms with E-state index in [1.165, 1.54) is 0 Å². The largest absolute Gasteiger partial charge is 0.481 e. The summed E-state index contributed by atoms with van der Waals surface area (Å²) in [7, 11) is 0. The lowest BCUT2D eigenvalue weighted by Gasteiger charge is -2.27. The van der Waals surface area contributed by atoms with Crippen LogP contribution in [-0.2, 0) is 4.79 Å². The van der Waals surface area contributed by atoms with Crippen LogP contribution in [0, 0.1) is 11.8 Å². The standard InChI is InChI=1S/C9H17NO2.ClH/c1-2-8(9(11)12)7-3-5-10-6-4-7;/h7-8,10H,2-6H2,1H3,(H,11,12);1H. The number of hydrogen-bond acceptors (Lipinski definition) is 2. The molecule has 1 rings (SSSR count). The van der Waals surface area contributed by atoms with Crippen LogP contribution >= 0.6 is 12.4 Å². The van der Waals surface area contributed by atoms with Crippen LogP contribution in [0.2, 0.25) is 0 Å². The molecule has 4 heteroatoms. The van der Waals surface area contributed by atoms with Gasteiger partial charge in [0.25, 0.3) is 0 Å². The van der Waals surface area contributed by atoms with Gasteiger partial charge in [-0.1, -0.05) is 6.92 Å². The van der Waals surface area contributed by atoms with Gasteiger partial charge < -0.3 is 10.4 Å². The molecule has 0 spiro atoms. The molecule has 0 aromatic heterocycles. The highest BCUT2D eigenvalue weighted by Gasteiger charge is 2.27. The maximum atomic E-state index is 10.8. The zero-order chi connectivity index (χ0) is 8.97. The number of halogens is 1. The molecule has 3 nitrogen and oxygen atoms in total. The lowest BCUT2D eigenvalue weighted by Crippen LogP contribution is -2.34. The minimum atomic E-state index is -0.621. The lowest BCUT2D eigenvalue weighted by atomic mass is 9.83. The number of carbonyl (C=O) groups is 1. The quantitative estimate of drug-likeness (QED) is 0.738. The van der Waals surface area contributed by atoms with Gasteiger partial charge in [0, 0.05) is 0 Å². The Morgan fingerprint density at radius 3 is 2.46 bits per heavy atom. The van der Waals surface area contributed by atoms with Crippen molar-refractivity contribution in [3.63, 3.8) is 0 Å². The molecule has 1 unspecified atom stereocenters. The smallest absolute Gasteiger partial charge is 0.306 e. The van der Waals surface area contributed by atoms with Gasteiger partial charge in [-0.3, -0.25) is 4.79 Å². The van der Waals surface area contributed by atoms with E-state index in [0.29, 0.717) is 5.92 Å². The normalized spacial score (nSPS) is 20.4. The van der Waals surface area contributed by atoms with E-state index in [9.17, 15) is 4.79 Å². The molecule has 0 saturated carbocycles. The summed E-state index contributed by atoms with van der Waals surface area (Å²) in [6.07, 6.45) is 2.80. The van der Waals surface area contributed by atoms with E-state index in [4.69, 9.17) is 5.11 Å². The zero-order valence-electron chi connectivity index (χ0n) is 7.95. The summed E-state index contributed by atoms with van der Waals surface area (Å²) in [5.74, 6) is -0.342. The number of nitrogens with one attached hydrogen (secondary N) is 1. The van der Waals surface area contributed by atoms with Gasteiger partial charge in [-0.15, -0.1) is 12.4 Å². The first-order valence-corrected chi connectivity index (χ1v) is 4.69. The lowest BCUT2D eigenvalue weighted by molar-refractivity contribution is -0.144. The van der Waals surface area contributed by atoms with Gasteiger partial charge in [0.15, 0.2) is 0 Å². The predicted octanol–water partition coefficient (Wildman–Crippen LogP) is 1.52. The van der Waals surface area contributed by atoms with Crippen molar-refractivity contribution in [1.29, 1.82) is 0 Å². The number of piperidine rings is 1. The summed E-state index contributed by atoms with van der Waals surface area (Å²) in [4.78, 5) is 10.8. The molecule has 2 N–H and O–H groups in total. The van der Waals surface area contributed by atoms with Crippen LogP contribution in [0.15, 0.2) is 0 Å². The Labute approximate surface area is 85.3 Å². The van der Waals surface area contributed by atoms with Crippen molar-refractivity contribution >= 4 is 18.4 Å². The van der Waals surface area contributed by atoms with Crippen molar-refractivity contribution in [3.05, 3.63) is 0 Å². The second-order valence-electron chi connectivity index (χ2n) is 3.44. The Bertz CT molecular complexity index is 158. The molecular weight excluding hydrogens is 190 g/mol. The highest BCUT2D eigenvalue weighted by Crippen LogP contribution is 2.24. The SMILES string of the molecule is CCC(C(=O)O)C1CCNCC1.Cl. The Morgan fingerprint density at radius 1 is 1.54 bits per heavy atom. The van der Waals surface area contributed by atoms with Gasteiger partial charge in [-0.25, -0.2) is 0 Å². The third-order valence-corrected chi connectivity index (χ3v) is 2.71. The van der Waals surface area contributed by atoms with E-state index >= 15 is 0 Å². The molecule has 0 radical (unpaired) electrons. The van der Waals surface area contributed by atoms with Gasteiger partial charge in [-0.05, 0) is 38.3 Å². The van der Waals surface area contributed by atoms with Crippen LogP contribution in [-0.4, -0.2) is 24.2 Å². The molecule has 1 saturated heterocycles. The number of hydrogen-bond donors (Lipinski definition) is 2. The molecule has 1 aliphatic heterocycles. The maximum Gasteiger partial charge on any atom is 0.306 e. The Kier molecular flexibility index (Phi) is 6.08. The van der Waals surface area contributed by atoms with E-state index in [-0.39, 0.29) is 18.3 Å². The fourth-order valence-corrected chi connectivity index (χ4v) is 1.96. The van der Waals surface area contributed by atoms with E-state index in [1.807, 2.05) is 6.92 Å². The summed E-state index contributed by atoms with van der Waals surface area (Å²) in [5, 5.41) is 12.1. The van der Waals surface area contributed by atoms with Gasteiger partial charge >= 0.3 is 5.97 Å². The first-order valence-electron chi connectivity index (χ1n) is 4.69. The first-order chi connectivity index (χ1) is 5.75. The predicted molar refractivity (Wildman–Crippen MR) is 54.3 cm³/mol. The zero-order valence-corrected chi connectivity index (χ0v) is 8.77. The van der Waals surface area contributed by atoms with Gasteiger partial charge in [-0.2, -0.15) is 0 Å². The van der Waals surface area contributed by atoms with Crippen LogP contribution < -0.4 is 5.32 Å². The number of carboxylic acid groups (broad SMARTS) is 1. The highest BCUT2D eigenvalue weighted by molar-refractivity contribution is 5.85. The molecule has 1 aliphatic rings. The average Bonchev–Trinajstić information content (AvgIpc) is 2.07. The molecule has 0 aromatic carbocycles. The summed E-state index contributed by atoms with van der Waals surface area (Å²) in [6.45, 7) is 3.92. The molecule has 0 amide bonds. The van der Waals surface area contributed by atoms with Gasteiger partial charge in [0.2, 0.25) is 0 Å². The first kappa shape index (κ1) is 12.7. The molecule has 13 heavy (non-hydrogen) atoms. The van der Waals surface area contributed by atoms with Gasteiger partial charge in [0.05, 0.1) is 5.92 Å². The van der Waals surface area contributed by atoms with E-state index < -0.39 is 5.97 Å². The van der Waals surface area contributed by atoms with E-state index in [2.05, 4.69) is 5.32 Å². The van der Waals surface area contributed by atoms with Crippen molar-refractivity contribution in [3.8, 4) is 0 Å². The third kappa shape index (κ3) is 3.53. The van der Waals surface area contributed by atoms with Crippen LogP contribution in [0.4, 0.5) is 0 Å². The highest BCUT2D eigenvalue weighted by atomic mass is 35.5. The Balaban J connectivity index is 0.00000144. The minimum absolute atomic E-state index is 0. The molecule has 0 bridgehead atoms.